The second kappa shape index (κ2) is 6.25. The molecular weight excluding hydrogens is 236 g/mol. The number of hydrogen-bond acceptors (Lipinski definition) is 2. The number of carbonyl (C=O) groups is 1. The summed E-state index contributed by atoms with van der Waals surface area (Å²) in [6, 6.07) is 0.653. The highest BCUT2D eigenvalue weighted by Gasteiger charge is 2.36. The minimum Gasteiger partial charge on any atom is -0.341 e. The largest absolute Gasteiger partial charge is 0.341 e. The Morgan fingerprint density at radius 2 is 1.63 bits per heavy atom. The molecule has 2 heterocycles. The molecule has 0 N–H and O–H groups in total. The van der Waals surface area contributed by atoms with Crippen molar-refractivity contribution in [2.75, 3.05) is 19.6 Å². The summed E-state index contributed by atoms with van der Waals surface area (Å²) in [6.45, 7) is 12.1. The molecule has 1 amide bonds. The summed E-state index contributed by atoms with van der Waals surface area (Å²) in [4.78, 5) is 17.2. The molecule has 0 aromatic carbocycles. The third kappa shape index (κ3) is 3.31. The summed E-state index contributed by atoms with van der Waals surface area (Å²) < 4.78 is 0. The van der Waals surface area contributed by atoms with Crippen LogP contribution >= 0.6 is 0 Å². The van der Waals surface area contributed by atoms with Crippen LogP contribution in [0, 0.1) is 11.8 Å². The van der Waals surface area contributed by atoms with Crippen LogP contribution in [-0.2, 0) is 4.79 Å². The lowest BCUT2D eigenvalue weighted by molar-refractivity contribution is -0.138. The van der Waals surface area contributed by atoms with Gasteiger partial charge in [0.1, 0.15) is 0 Å². The van der Waals surface area contributed by atoms with Crippen molar-refractivity contribution in [2.24, 2.45) is 11.8 Å². The van der Waals surface area contributed by atoms with Crippen molar-refractivity contribution in [1.29, 1.82) is 0 Å². The molecular formula is C16H30N2O. The van der Waals surface area contributed by atoms with Crippen molar-refractivity contribution in [3.05, 3.63) is 0 Å². The fraction of sp³-hybridized carbons (Fsp3) is 0.938. The van der Waals surface area contributed by atoms with Crippen LogP contribution in [0.2, 0.25) is 0 Å². The molecule has 0 aliphatic carbocycles. The van der Waals surface area contributed by atoms with Crippen molar-refractivity contribution in [3.8, 4) is 0 Å². The first kappa shape index (κ1) is 14.8. The molecule has 0 saturated carbocycles. The topological polar surface area (TPSA) is 23.6 Å². The van der Waals surface area contributed by atoms with Crippen molar-refractivity contribution in [1.82, 2.24) is 9.80 Å². The Kier molecular flexibility index (Phi) is 4.88. The molecule has 3 nitrogen and oxygen atoms in total. The quantitative estimate of drug-likeness (QED) is 0.784. The molecule has 2 aliphatic heterocycles. The summed E-state index contributed by atoms with van der Waals surface area (Å²) in [5.74, 6) is 1.97. The van der Waals surface area contributed by atoms with Gasteiger partial charge in [-0.3, -0.25) is 9.69 Å². The Bertz CT molecular complexity index is 306. The molecule has 0 unspecified atom stereocenters. The first-order valence-corrected chi connectivity index (χ1v) is 8.05. The number of piperidine rings is 1. The minimum absolute atomic E-state index is 0.163. The van der Waals surface area contributed by atoms with Gasteiger partial charge in [0.2, 0.25) is 5.91 Å². The lowest BCUT2D eigenvalue weighted by Crippen LogP contribution is -2.50. The van der Waals surface area contributed by atoms with E-state index in [0.717, 1.165) is 37.9 Å². The van der Waals surface area contributed by atoms with E-state index in [1.807, 2.05) is 0 Å². The average molecular weight is 266 g/mol. The molecule has 1 atom stereocenters. The van der Waals surface area contributed by atoms with Crippen LogP contribution < -0.4 is 0 Å². The van der Waals surface area contributed by atoms with Crippen LogP contribution in [-0.4, -0.2) is 47.4 Å². The van der Waals surface area contributed by atoms with Gasteiger partial charge in [-0.25, -0.2) is 0 Å². The predicted octanol–water partition coefficient (Wildman–Crippen LogP) is 2.75. The molecule has 0 spiro atoms. The van der Waals surface area contributed by atoms with Crippen LogP contribution in [0.1, 0.15) is 53.4 Å². The zero-order valence-corrected chi connectivity index (χ0v) is 13.1. The van der Waals surface area contributed by atoms with Crippen LogP contribution in [0.15, 0.2) is 0 Å². The Balaban J connectivity index is 1.90. The van der Waals surface area contributed by atoms with Gasteiger partial charge in [0.15, 0.2) is 0 Å². The predicted molar refractivity (Wildman–Crippen MR) is 79.0 cm³/mol. The molecule has 2 saturated heterocycles. The molecule has 0 bridgehead atoms. The van der Waals surface area contributed by atoms with E-state index < -0.39 is 0 Å². The van der Waals surface area contributed by atoms with E-state index in [9.17, 15) is 4.79 Å². The summed E-state index contributed by atoms with van der Waals surface area (Å²) in [5.41, 5.74) is 0. The Morgan fingerprint density at radius 1 is 1.00 bits per heavy atom. The van der Waals surface area contributed by atoms with Crippen LogP contribution in [0.4, 0.5) is 0 Å². The van der Waals surface area contributed by atoms with Crippen LogP contribution in [0.3, 0.4) is 0 Å². The van der Waals surface area contributed by atoms with Gasteiger partial charge < -0.3 is 4.90 Å². The zero-order chi connectivity index (χ0) is 14.0. The number of nitrogens with zero attached hydrogens (tertiary/aromatic N) is 2. The van der Waals surface area contributed by atoms with E-state index in [1.54, 1.807) is 0 Å². The maximum absolute atomic E-state index is 12.7. The van der Waals surface area contributed by atoms with E-state index in [0.29, 0.717) is 11.9 Å². The van der Waals surface area contributed by atoms with Gasteiger partial charge in [-0.15, -0.1) is 0 Å². The fourth-order valence-corrected chi connectivity index (χ4v) is 3.67. The third-order valence-electron chi connectivity index (χ3n) is 5.04. The minimum atomic E-state index is 0.163. The number of likely N-dealkylation sites (tertiary alicyclic amines) is 2. The number of rotatable bonds is 3. The fourth-order valence-electron chi connectivity index (χ4n) is 3.67. The maximum Gasteiger partial charge on any atom is 0.239 e. The van der Waals surface area contributed by atoms with Crippen molar-refractivity contribution >= 4 is 5.91 Å². The molecule has 2 rings (SSSR count). The molecule has 110 valence electrons. The monoisotopic (exact) mass is 266 g/mol. The highest BCUT2D eigenvalue weighted by molar-refractivity contribution is 5.82. The number of hydrogen-bond donors (Lipinski definition) is 0. The average Bonchev–Trinajstić information content (AvgIpc) is 2.87. The Morgan fingerprint density at radius 3 is 2.16 bits per heavy atom. The third-order valence-corrected chi connectivity index (χ3v) is 5.04. The van der Waals surface area contributed by atoms with E-state index in [-0.39, 0.29) is 6.04 Å². The highest BCUT2D eigenvalue weighted by Crippen LogP contribution is 2.27. The normalized spacial score (nSPS) is 26.6. The van der Waals surface area contributed by atoms with Gasteiger partial charge in [-0.05, 0) is 57.9 Å². The van der Waals surface area contributed by atoms with Gasteiger partial charge >= 0.3 is 0 Å². The van der Waals surface area contributed by atoms with E-state index >= 15 is 0 Å². The van der Waals surface area contributed by atoms with Crippen LogP contribution in [0.25, 0.3) is 0 Å². The molecule has 0 radical (unpaired) electrons. The number of carbonyl (C=O) groups excluding carboxylic acids is 1. The molecule has 0 aromatic rings. The van der Waals surface area contributed by atoms with Gasteiger partial charge in [-0.1, -0.05) is 13.8 Å². The summed E-state index contributed by atoms with van der Waals surface area (Å²) in [5, 5.41) is 0. The molecule has 3 heteroatoms. The van der Waals surface area contributed by atoms with E-state index in [1.165, 1.54) is 19.3 Å². The van der Waals surface area contributed by atoms with Gasteiger partial charge in [0, 0.05) is 19.1 Å². The second-order valence-corrected chi connectivity index (χ2v) is 6.90. The standard InChI is InChI=1S/C16H30N2O/c1-12(2)14-7-10-17(11-8-14)16(19)15-6-5-9-18(15)13(3)4/h12-15H,5-11H2,1-4H3/t15-/m0/s1. The highest BCUT2D eigenvalue weighted by atomic mass is 16.2. The lowest BCUT2D eigenvalue weighted by Gasteiger charge is -2.37. The number of amides is 1. The van der Waals surface area contributed by atoms with Crippen molar-refractivity contribution < 1.29 is 4.79 Å². The molecule has 2 aliphatic rings. The zero-order valence-electron chi connectivity index (χ0n) is 13.1. The molecule has 19 heavy (non-hydrogen) atoms. The van der Waals surface area contributed by atoms with E-state index in [4.69, 9.17) is 0 Å². The summed E-state index contributed by atoms with van der Waals surface area (Å²) in [7, 11) is 0. The van der Waals surface area contributed by atoms with Gasteiger partial charge in [0.25, 0.3) is 0 Å². The smallest absolute Gasteiger partial charge is 0.239 e. The van der Waals surface area contributed by atoms with Crippen LogP contribution in [0.5, 0.6) is 0 Å². The van der Waals surface area contributed by atoms with Gasteiger partial charge in [0.05, 0.1) is 6.04 Å². The van der Waals surface area contributed by atoms with Crippen molar-refractivity contribution in [2.45, 2.75) is 65.5 Å². The van der Waals surface area contributed by atoms with Crippen molar-refractivity contribution in [3.63, 3.8) is 0 Å². The van der Waals surface area contributed by atoms with Gasteiger partial charge in [-0.2, -0.15) is 0 Å². The summed E-state index contributed by atoms with van der Waals surface area (Å²) >= 11 is 0. The Labute approximate surface area is 118 Å². The molecule has 2 fully saturated rings. The lowest BCUT2D eigenvalue weighted by atomic mass is 9.86. The SMILES string of the molecule is CC(C)C1CCN(C(=O)[C@@H]2CCCN2C(C)C)CC1. The second-order valence-electron chi connectivity index (χ2n) is 6.90. The molecule has 0 aromatic heterocycles. The van der Waals surface area contributed by atoms with E-state index in [2.05, 4.69) is 37.5 Å². The Hall–Kier alpha value is -0.570. The summed E-state index contributed by atoms with van der Waals surface area (Å²) in [6.07, 6.45) is 4.62. The maximum atomic E-state index is 12.7. The first-order chi connectivity index (χ1) is 9.00. The first-order valence-electron chi connectivity index (χ1n) is 8.05.